The van der Waals surface area contributed by atoms with Crippen LogP contribution in [0, 0.1) is 6.92 Å². The molecule has 0 aliphatic carbocycles. The minimum Gasteiger partial charge on any atom is -0.459 e. The topological polar surface area (TPSA) is 84.2 Å². The van der Waals surface area contributed by atoms with Crippen LogP contribution in [-0.4, -0.2) is 16.8 Å². The fraction of sp³-hybridized carbons (Fsp3) is 0.0556. The van der Waals surface area contributed by atoms with E-state index >= 15 is 0 Å². The van der Waals surface area contributed by atoms with Crippen LogP contribution in [0.2, 0.25) is 0 Å². The predicted octanol–water partition coefficient (Wildman–Crippen LogP) is 3.95. The summed E-state index contributed by atoms with van der Waals surface area (Å²) in [5, 5.41) is 8.29. The number of aromatic nitrogens is 1. The maximum atomic E-state index is 11.9. The average molecular weight is 353 g/mol. The van der Waals surface area contributed by atoms with Gasteiger partial charge in [0.15, 0.2) is 5.76 Å². The van der Waals surface area contributed by atoms with Gasteiger partial charge in [0.05, 0.1) is 17.0 Å². The van der Waals surface area contributed by atoms with Crippen LogP contribution in [0.15, 0.2) is 58.5 Å². The molecule has 2 heterocycles. The minimum atomic E-state index is -0.330. The normalized spacial score (nSPS) is 10.8. The van der Waals surface area contributed by atoms with Gasteiger partial charge in [-0.2, -0.15) is 0 Å². The fourth-order valence-corrected chi connectivity index (χ4v) is 2.62. The molecule has 2 N–H and O–H groups in total. The van der Waals surface area contributed by atoms with Crippen molar-refractivity contribution in [3.8, 4) is 0 Å². The molecule has 126 valence electrons. The molecule has 25 heavy (non-hydrogen) atoms. The number of aryl methyl sites for hydroxylation is 1. The number of carbonyl (C=O) groups excluding carboxylic acids is 2. The number of amides is 2. The first-order valence-electron chi connectivity index (χ1n) is 7.46. The zero-order valence-corrected chi connectivity index (χ0v) is 14.2. The first kappa shape index (κ1) is 16.7. The van der Waals surface area contributed by atoms with Gasteiger partial charge in [0.1, 0.15) is 0 Å². The summed E-state index contributed by atoms with van der Waals surface area (Å²) >= 11 is 1.53. The van der Waals surface area contributed by atoms with Gasteiger partial charge in [-0.3, -0.25) is 9.59 Å². The van der Waals surface area contributed by atoms with Gasteiger partial charge >= 0.3 is 0 Å². The Morgan fingerprint density at radius 3 is 2.44 bits per heavy atom. The lowest BCUT2D eigenvalue weighted by molar-refractivity contribution is -0.111. The van der Waals surface area contributed by atoms with Crippen molar-refractivity contribution in [2.75, 3.05) is 10.6 Å². The Balaban J connectivity index is 1.56. The number of hydrogen-bond donors (Lipinski definition) is 2. The number of rotatable bonds is 5. The van der Waals surface area contributed by atoms with Crippen molar-refractivity contribution in [2.45, 2.75) is 6.92 Å². The monoisotopic (exact) mass is 353 g/mol. The Morgan fingerprint density at radius 2 is 1.84 bits per heavy atom. The van der Waals surface area contributed by atoms with Crippen molar-refractivity contribution < 1.29 is 14.0 Å². The number of benzene rings is 1. The number of hydrogen-bond acceptors (Lipinski definition) is 5. The molecule has 0 atom stereocenters. The van der Waals surface area contributed by atoms with E-state index in [0.717, 1.165) is 10.7 Å². The third-order valence-electron chi connectivity index (χ3n) is 3.20. The molecule has 1 aromatic carbocycles. The highest BCUT2D eigenvalue weighted by atomic mass is 32.1. The van der Waals surface area contributed by atoms with Crippen molar-refractivity contribution in [2.24, 2.45) is 0 Å². The van der Waals surface area contributed by atoms with E-state index in [4.69, 9.17) is 4.42 Å². The fourth-order valence-electron chi connectivity index (χ4n) is 2.04. The van der Waals surface area contributed by atoms with Crippen molar-refractivity contribution in [3.05, 3.63) is 70.6 Å². The first-order chi connectivity index (χ1) is 12.1. The molecular weight excluding hydrogens is 338 g/mol. The van der Waals surface area contributed by atoms with E-state index < -0.39 is 0 Å². The summed E-state index contributed by atoms with van der Waals surface area (Å²) in [4.78, 5) is 28.0. The summed E-state index contributed by atoms with van der Waals surface area (Å²) in [6.45, 7) is 1.91. The molecule has 6 nitrogen and oxygen atoms in total. The zero-order valence-electron chi connectivity index (χ0n) is 13.4. The van der Waals surface area contributed by atoms with Crippen LogP contribution < -0.4 is 10.6 Å². The summed E-state index contributed by atoms with van der Waals surface area (Å²) in [5.74, 6) is -0.346. The second-order valence-electron chi connectivity index (χ2n) is 5.12. The van der Waals surface area contributed by atoms with Gasteiger partial charge in [-0.05, 0) is 49.4 Å². The van der Waals surface area contributed by atoms with Crippen LogP contribution in [0.3, 0.4) is 0 Å². The molecule has 0 aliphatic rings. The maximum absolute atomic E-state index is 11.9. The largest absolute Gasteiger partial charge is 0.459 e. The van der Waals surface area contributed by atoms with Gasteiger partial charge in [-0.25, -0.2) is 4.98 Å². The second-order valence-corrected chi connectivity index (χ2v) is 6.18. The second kappa shape index (κ2) is 7.59. The van der Waals surface area contributed by atoms with E-state index in [9.17, 15) is 9.59 Å². The first-order valence-corrected chi connectivity index (χ1v) is 8.34. The lowest BCUT2D eigenvalue weighted by atomic mass is 10.2. The van der Waals surface area contributed by atoms with Gasteiger partial charge in [-0.1, -0.05) is 0 Å². The molecule has 0 spiro atoms. The summed E-state index contributed by atoms with van der Waals surface area (Å²) in [5.41, 5.74) is 1.99. The summed E-state index contributed by atoms with van der Waals surface area (Å²) in [6, 6.07) is 10.0. The zero-order chi connectivity index (χ0) is 17.6. The Labute approximate surface area is 148 Å². The number of furan rings is 1. The smallest absolute Gasteiger partial charge is 0.291 e. The van der Waals surface area contributed by atoms with Gasteiger partial charge < -0.3 is 15.1 Å². The molecule has 0 radical (unpaired) electrons. The predicted molar refractivity (Wildman–Crippen MR) is 97.6 cm³/mol. The van der Waals surface area contributed by atoms with Crippen LogP contribution in [0.5, 0.6) is 0 Å². The Bertz CT molecular complexity index is 896. The highest BCUT2D eigenvalue weighted by Crippen LogP contribution is 2.15. The van der Waals surface area contributed by atoms with Gasteiger partial charge in [0.25, 0.3) is 5.91 Å². The molecule has 7 heteroatoms. The Hall–Kier alpha value is -3.19. The number of thiazole rings is 1. The highest BCUT2D eigenvalue weighted by Gasteiger charge is 2.08. The highest BCUT2D eigenvalue weighted by molar-refractivity contribution is 7.09. The van der Waals surface area contributed by atoms with Crippen LogP contribution in [0.4, 0.5) is 11.4 Å². The molecule has 2 amide bonds. The van der Waals surface area contributed by atoms with Crippen LogP contribution in [0.25, 0.3) is 6.08 Å². The standard InChI is InChI=1S/C18H15N3O3S/c1-12-19-15(11-25-12)8-9-17(22)20-13-4-6-14(7-5-13)21-18(23)16-3-2-10-24-16/h2-11H,1H3,(H,20,22)(H,21,23)/b9-8+. The lowest BCUT2D eigenvalue weighted by Crippen LogP contribution is -2.11. The van der Waals surface area contributed by atoms with E-state index in [-0.39, 0.29) is 17.6 Å². The molecule has 0 unspecified atom stereocenters. The summed E-state index contributed by atoms with van der Waals surface area (Å²) in [7, 11) is 0. The molecule has 3 rings (SSSR count). The van der Waals surface area contributed by atoms with Crippen molar-refractivity contribution in [1.82, 2.24) is 4.98 Å². The van der Waals surface area contributed by atoms with Gasteiger partial charge in [0, 0.05) is 22.8 Å². The maximum Gasteiger partial charge on any atom is 0.291 e. The van der Waals surface area contributed by atoms with E-state index in [1.165, 1.54) is 23.7 Å². The molecule has 0 saturated heterocycles. The summed E-state index contributed by atoms with van der Waals surface area (Å²) in [6.07, 6.45) is 4.53. The number of nitrogens with one attached hydrogen (secondary N) is 2. The third-order valence-corrected chi connectivity index (χ3v) is 3.99. The van der Waals surface area contributed by atoms with E-state index in [1.54, 1.807) is 42.5 Å². The molecule has 0 bridgehead atoms. The number of nitrogens with zero attached hydrogens (tertiary/aromatic N) is 1. The van der Waals surface area contributed by atoms with Gasteiger partial charge in [0.2, 0.25) is 5.91 Å². The van der Waals surface area contributed by atoms with Crippen LogP contribution in [-0.2, 0) is 4.79 Å². The molecule has 3 aromatic rings. The van der Waals surface area contributed by atoms with E-state index in [1.807, 2.05) is 12.3 Å². The summed E-state index contributed by atoms with van der Waals surface area (Å²) < 4.78 is 5.03. The number of carbonyl (C=O) groups is 2. The molecule has 0 aliphatic heterocycles. The quantitative estimate of drug-likeness (QED) is 0.680. The Kier molecular flexibility index (Phi) is 5.06. The minimum absolute atomic E-state index is 0.236. The molecular formula is C18H15N3O3S. The molecule has 0 fully saturated rings. The SMILES string of the molecule is Cc1nc(/C=C/C(=O)Nc2ccc(NC(=O)c3ccco3)cc2)cs1. The Morgan fingerprint density at radius 1 is 1.12 bits per heavy atom. The third kappa shape index (κ3) is 4.65. The van der Waals surface area contributed by atoms with E-state index in [0.29, 0.717) is 11.4 Å². The molecule has 0 saturated carbocycles. The van der Waals surface area contributed by atoms with Crippen LogP contribution >= 0.6 is 11.3 Å². The van der Waals surface area contributed by atoms with Crippen molar-refractivity contribution >= 4 is 40.6 Å². The van der Waals surface area contributed by atoms with Gasteiger partial charge in [-0.15, -0.1) is 11.3 Å². The van der Waals surface area contributed by atoms with E-state index in [2.05, 4.69) is 15.6 Å². The molecule has 2 aromatic heterocycles. The number of anilines is 2. The average Bonchev–Trinajstić information content (AvgIpc) is 3.26. The lowest BCUT2D eigenvalue weighted by Gasteiger charge is -2.05. The van der Waals surface area contributed by atoms with Crippen molar-refractivity contribution in [3.63, 3.8) is 0 Å². The van der Waals surface area contributed by atoms with Crippen LogP contribution in [0.1, 0.15) is 21.3 Å². The van der Waals surface area contributed by atoms with Crippen molar-refractivity contribution in [1.29, 1.82) is 0 Å².